The van der Waals surface area contributed by atoms with Crippen molar-refractivity contribution in [3.8, 4) is 0 Å². The van der Waals surface area contributed by atoms with Crippen molar-refractivity contribution in [1.82, 2.24) is 0 Å². The van der Waals surface area contributed by atoms with Gasteiger partial charge in [-0.25, -0.2) is 8.42 Å². The van der Waals surface area contributed by atoms with E-state index in [1.54, 1.807) is 31.2 Å². The zero-order chi connectivity index (χ0) is 14.9. The number of hydrogen-bond donors (Lipinski definition) is 2. The number of nitrogens with one attached hydrogen (secondary N) is 1. The Bertz CT molecular complexity index is 763. The van der Waals surface area contributed by atoms with Crippen molar-refractivity contribution >= 4 is 48.9 Å². The first-order valence-corrected chi connectivity index (χ1v) is 8.29. The summed E-state index contributed by atoms with van der Waals surface area (Å²) in [6.45, 7) is 1.79. The van der Waals surface area contributed by atoms with Crippen LogP contribution in [0, 0.1) is 6.92 Å². The van der Waals surface area contributed by atoms with Gasteiger partial charge in [-0.1, -0.05) is 33.6 Å². The summed E-state index contributed by atoms with van der Waals surface area (Å²) in [5, 5.41) is 0.147. The van der Waals surface area contributed by atoms with Crippen LogP contribution in [0.2, 0.25) is 5.02 Å². The van der Waals surface area contributed by atoms with Gasteiger partial charge in [0.1, 0.15) is 4.90 Å². The third kappa shape index (κ3) is 3.26. The minimum absolute atomic E-state index is 0.0178. The Kier molecular flexibility index (Phi) is 4.27. The van der Waals surface area contributed by atoms with Crippen LogP contribution in [0.25, 0.3) is 0 Å². The number of halogens is 2. The van der Waals surface area contributed by atoms with Gasteiger partial charge in [-0.15, -0.1) is 0 Å². The zero-order valence-corrected chi connectivity index (χ0v) is 13.7. The van der Waals surface area contributed by atoms with Gasteiger partial charge < -0.3 is 5.73 Å². The van der Waals surface area contributed by atoms with Crippen LogP contribution in [0.5, 0.6) is 0 Å². The summed E-state index contributed by atoms with van der Waals surface area (Å²) in [6, 6.07) is 9.61. The molecule has 3 N–H and O–H groups in total. The van der Waals surface area contributed by atoms with Gasteiger partial charge in [0.2, 0.25) is 0 Å². The Hall–Kier alpha value is -1.24. The molecule has 7 heteroatoms. The normalized spacial score (nSPS) is 11.3. The molecule has 2 rings (SSSR count). The quantitative estimate of drug-likeness (QED) is 0.802. The summed E-state index contributed by atoms with van der Waals surface area (Å²) in [4.78, 5) is 0.0178. The second-order valence-electron chi connectivity index (χ2n) is 4.25. The van der Waals surface area contributed by atoms with Gasteiger partial charge in [0.25, 0.3) is 10.0 Å². The molecule has 0 amide bonds. The Morgan fingerprint density at radius 3 is 2.55 bits per heavy atom. The molecule has 20 heavy (non-hydrogen) atoms. The third-order valence-electron chi connectivity index (χ3n) is 2.69. The average molecular weight is 376 g/mol. The summed E-state index contributed by atoms with van der Waals surface area (Å²) < 4.78 is 27.9. The van der Waals surface area contributed by atoms with Crippen molar-refractivity contribution in [2.24, 2.45) is 0 Å². The minimum atomic E-state index is -3.76. The van der Waals surface area contributed by atoms with Gasteiger partial charge in [0.05, 0.1) is 10.7 Å². The van der Waals surface area contributed by atoms with Crippen LogP contribution in [-0.2, 0) is 10.0 Å². The molecule has 0 bridgehead atoms. The summed E-state index contributed by atoms with van der Waals surface area (Å²) in [5.41, 5.74) is 7.36. The van der Waals surface area contributed by atoms with Gasteiger partial charge in [0, 0.05) is 10.2 Å². The minimum Gasteiger partial charge on any atom is -0.399 e. The highest BCUT2D eigenvalue weighted by molar-refractivity contribution is 9.10. The van der Waals surface area contributed by atoms with Crippen LogP contribution < -0.4 is 10.5 Å². The van der Waals surface area contributed by atoms with Crippen molar-refractivity contribution in [3.05, 3.63) is 51.5 Å². The lowest BCUT2D eigenvalue weighted by molar-refractivity contribution is 0.601. The van der Waals surface area contributed by atoms with Gasteiger partial charge in [-0.2, -0.15) is 0 Å². The lowest BCUT2D eigenvalue weighted by Gasteiger charge is -2.12. The number of hydrogen-bond acceptors (Lipinski definition) is 3. The summed E-state index contributed by atoms with van der Waals surface area (Å²) in [7, 11) is -3.76. The van der Waals surface area contributed by atoms with E-state index in [4.69, 9.17) is 17.3 Å². The number of nitrogen functional groups attached to an aromatic ring is 1. The van der Waals surface area contributed by atoms with Gasteiger partial charge in [-0.05, 0) is 42.8 Å². The fourth-order valence-electron chi connectivity index (χ4n) is 1.64. The monoisotopic (exact) mass is 374 g/mol. The van der Waals surface area contributed by atoms with E-state index >= 15 is 0 Å². The maximum atomic E-state index is 12.3. The predicted molar refractivity (Wildman–Crippen MR) is 85.6 cm³/mol. The molecule has 0 heterocycles. The Labute approximate surface area is 131 Å². The fourth-order valence-corrected chi connectivity index (χ4v) is 3.80. The standard InChI is InChI=1S/C13H12BrClN2O2S/c1-8-2-4-10(16)7-12(8)17-20(18,19)13-5-3-9(14)6-11(13)15/h2-7,17H,16H2,1H3. The molecule has 0 aromatic heterocycles. The molecule has 0 aliphatic rings. The van der Waals surface area contributed by atoms with Crippen molar-refractivity contribution in [1.29, 1.82) is 0 Å². The maximum Gasteiger partial charge on any atom is 0.263 e. The van der Waals surface area contributed by atoms with Gasteiger partial charge >= 0.3 is 0 Å². The van der Waals surface area contributed by atoms with E-state index in [1.165, 1.54) is 12.1 Å². The van der Waals surface area contributed by atoms with Crippen LogP contribution in [-0.4, -0.2) is 8.42 Å². The van der Waals surface area contributed by atoms with E-state index in [1.807, 2.05) is 0 Å². The average Bonchev–Trinajstić information content (AvgIpc) is 2.33. The van der Waals surface area contributed by atoms with Crippen molar-refractivity contribution in [2.75, 3.05) is 10.5 Å². The molecule has 0 fully saturated rings. The van der Waals surface area contributed by atoms with E-state index in [0.717, 1.165) is 5.56 Å². The topological polar surface area (TPSA) is 72.2 Å². The first kappa shape index (κ1) is 15.2. The largest absolute Gasteiger partial charge is 0.399 e. The first-order chi connectivity index (χ1) is 9.29. The molecule has 0 unspecified atom stereocenters. The predicted octanol–water partition coefficient (Wildman–Crippen LogP) is 3.79. The van der Waals surface area contributed by atoms with E-state index < -0.39 is 10.0 Å². The molecule has 0 saturated heterocycles. The molecule has 0 spiro atoms. The molecule has 2 aromatic carbocycles. The summed E-state index contributed by atoms with van der Waals surface area (Å²) in [5.74, 6) is 0. The molecule has 2 aromatic rings. The Morgan fingerprint density at radius 1 is 1.20 bits per heavy atom. The Morgan fingerprint density at radius 2 is 1.90 bits per heavy atom. The molecule has 0 saturated carbocycles. The molecule has 106 valence electrons. The van der Waals surface area contributed by atoms with E-state index in [9.17, 15) is 8.42 Å². The smallest absolute Gasteiger partial charge is 0.263 e. The highest BCUT2D eigenvalue weighted by atomic mass is 79.9. The van der Waals surface area contributed by atoms with Gasteiger partial charge in [0.15, 0.2) is 0 Å². The van der Waals surface area contributed by atoms with Crippen LogP contribution in [0.15, 0.2) is 45.8 Å². The molecule has 0 aliphatic carbocycles. The number of sulfonamides is 1. The molecule has 0 aliphatic heterocycles. The van der Waals surface area contributed by atoms with Gasteiger partial charge in [-0.3, -0.25) is 4.72 Å². The Balaban J connectivity index is 2.43. The number of aryl methyl sites for hydroxylation is 1. The van der Waals surface area contributed by atoms with Crippen LogP contribution >= 0.6 is 27.5 Å². The van der Waals surface area contributed by atoms with E-state index in [-0.39, 0.29) is 9.92 Å². The fraction of sp³-hybridized carbons (Fsp3) is 0.0769. The highest BCUT2D eigenvalue weighted by Crippen LogP contribution is 2.28. The van der Waals surface area contributed by atoms with Crippen LogP contribution in [0.1, 0.15) is 5.56 Å². The van der Waals surface area contributed by atoms with Crippen molar-refractivity contribution < 1.29 is 8.42 Å². The van der Waals surface area contributed by atoms with E-state index in [0.29, 0.717) is 15.8 Å². The lowest BCUT2D eigenvalue weighted by atomic mass is 10.2. The number of anilines is 2. The molecular formula is C13H12BrClN2O2S. The van der Waals surface area contributed by atoms with Crippen molar-refractivity contribution in [2.45, 2.75) is 11.8 Å². The number of benzene rings is 2. The molecule has 0 radical (unpaired) electrons. The first-order valence-electron chi connectivity index (χ1n) is 5.63. The van der Waals surface area contributed by atoms with E-state index in [2.05, 4.69) is 20.7 Å². The van der Waals surface area contributed by atoms with Crippen LogP contribution in [0.3, 0.4) is 0 Å². The van der Waals surface area contributed by atoms with Crippen molar-refractivity contribution in [3.63, 3.8) is 0 Å². The van der Waals surface area contributed by atoms with Crippen LogP contribution in [0.4, 0.5) is 11.4 Å². The third-order valence-corrected chi connectivity index (χ3v) is 5.03. The lowest BCUT2D eigenvalue weighted by Crippen LogP contribution is -2.14. The molecule has 0 atom stereocenters. The summed E-state index contributed by atoms with van der Waals surface area (Å²) >= 11 is 9.21. The maximum absolute atomic E-state index is 12.3. The SMILES string of the molecule is Cc1ccc(N)cc1NS(=O)(=O)c1ccc(Br)cc1Cl. The highest BCUT2D eigenvalue weighted by Gasteiger charge is 2.19. The second kappa shape index (κ2) is 5.63. The number of rotatable bonds is 3. The molecule has 4 nitrogen and oxygen atoms in total. The summed E-state index contributed by atoms with van der Waals surface area (Å²) in [6.07, 6.45) is 0. The second-order valence-corrected chi connectivity index (χ2v) is 7.23. The molecular weight excluding hydrogens is 364 g/mol. The zero-order valence-electron chi connectivity index (χ0n) is 10.5. The number of nitrogens with two attached hydrogens (primary N) is 1.